The predicted octanol–water partition coefficient (Wildman–Crippen LogP) is 1.04. The number of amides is 1. The van der Waals surface area contributed by atoms with E-state index in [-0.39, 0.29) is 12.5 Å². The van der Waals surface area contributed by atoms with Gasteiger partial charge in [-0.3, -0.25) is 4.79 Å². The SMILES string of the molecule is CCNC(=NCC(=O)N1CCc2sccc2C1)NCCn1cnnc1CC. The number of fused-ring (bicyclic) bond motifs is 1. The molecule has 0 radical (unpaired) electrons. The lowest BCUT2D eigenvalue weighted by molar-refractivity contribution is -0.130. The molecule has 0 atom stereocenters. The van der Waals surface area contributed by atoms with Crippen LogP contribution in [0.3, 0.4) is 0 Å². The predicted molar refractivity (Wildman–Crippen MR) is 107 cm³/mol. The molecule has 9 heteroatoms. The lowest BCUT2D eigenvalue weighted by atomic mass is 10.1. The van der Waals surface area contributed by atoms with Crippen molar-refractivity contribution >= 4 is 23.2 Å². The van der Waals surface area contributed by atoms with E-state index in [1.165, 1.54) is 10.4 Å². The number of hydrogen-bond donors (Lipinski definition) is 2. The van der Waals surface area contributed by atoms with Crippen LogP contribution in [0.15, 0.2) is 22.8 Å². The van der Waals surface area contributed by atoms with E-state index in [9.17, 15) is 4.79 Å². The smallest absolute Gasteiger partial charge is 0.244 e. The van der Waals surface area contributed by atoms with Crippen molar-refractivity contribution in [2.45, 2.75) is 39.8 Å². The number of thiophene rings is 1. The molecule has 0 saturated heterocycles. The molecule has 1 aliphatic heterocycles. The fourth-order valence-electron chi connectivity index (χ4n) is 3.08. The summed E-state index contributed by atoms with van der Waals surface area (Å²) in [6, 6.07) is 2.11. The first kappa shape index (κ1) is 19.3. The standard InChI is InChI=1S/C18H27N7OS/c1-3-16-23-22-13-25(16)9-7-20-18(19-4-2)21-11-17(26)24-8-5-15-14(12-24)6-10-27-15/h6,10,13H,3-5,7-9,11-12H2,1-2H3,(H2,19,20,21). The number of carbonyl (C=O) groups is 1. The third-order valence-corrected chi connectivity index (χ3v) is 5.56. The Balaban J connectivity index is 1.50. The zero-order chi connectivity index (χ0) is 19.1. The molecule has 0 aromatic carbocycles. The number of rotatable bonds is 7. The summed E-state index contributed by atoms with van der Waals surface area (Å²) in [6.45, 7) is 7.89. The van der Waals surface area contributed by atoms with Crippen molar-refractivity contribution in [1.82, 2.24) is 30.3 Å². The number of aliphatic imine (C=N–C) groups is 1. The Morgan fingerprint density at radius 1 is 1.37 bits per heavy atom. The number of guanidine groups is 1. The molecule has 2 N–H and O–H groups in total. The van der Waals surface area contributed by atoms with Crippen LogP contribution in [-0.2, 0) is 30.7 Å². The molecule has 2 aromatic rings. The highest BCUT2D eigenvalue weighted by Gasteiger charge is 2.21. The van der Waals surface area contributed by atoms with Crippen molar-refractivity contribution in [1.29, 1.82) is 0 Å². The maximum Gasteiger partial charge on any atom is 0.244 e. The Morgan fingerprint density at radius 3 is 3.07 bits per heavy atom. The van der Waals surface area contributed by atoms with Gasteiger partial charge in [0.25, 0.3) is 0 Å². The van der Waals surface area contributed by atoms with Crippen LogP contribution in [0, 0.1) is 0 Å². The van der Waals surface area contributed by atoms with Gasteiger partial charge in [0, 0.05) is 44.0 Å². The first-order valence-corrected chi connectivity index (χ1v) is 10.3. The monoisotopic (exact) mass is 389 g/mol. The molecule has 3 rings (SSSR count). The van der Waals surface area contributed by atoms with Crippen molar-refractivity contribution in [2.24, 2.45) is 4.99 Å². The summed E-state index contributed by atoms with van der Waals surface area (Å²) in [5.41, 5.74) is 1.27. The minimum Gasteiger partial charge on any atom is -0.357 e. The van der Waals surface area contributed by atoms with Crippen molar-refractivity contribution < 1.29 is 4.79 Å². The number of nitrogens with zero attached hydrogens (tertiary/aromatic N) is 5. The van der Waals surface area contributed by atoms with Gasteiger partial charge in [-0.1, -0.05) is 6.92 Å². The maximum absolute atomic E-state index is 12.5. The van der Waals surface area contributed by atoms with Crippen LogP contribution in [-0.4, -0.2) is 57.7 Å². The minimum atomic E-state index is 0.0659. The normalized spacial score (nSPS) is 14.1. The highest BCUT2D eigenvalue weighted by molar-refractivity contribution is 7.10. The van der Waals surface area contributed by atoms with Gasteiger partial charge in [0.1, 0.15) is 18.7 Å². The fourth-order valence-corrected chi connectivity index (χ4v) is 3.97. The second-order valence-electron chi connectivity index (χ2n) is 6.35. The topological polar surface area (TPSA) is 87.4 Å². The lowest BCUT2D eigenvalue weighted by Gasteiger charge is -2.26. The molecule has 3 heterocycles. The highest BCUT2D eigenvalue weighted by atomic mass is 32.1. The van der Waals surface area contributed by atoms with Gasteiger partial charge in [-0.05, 0) is 30.4 Å². The molecular formula is C18H27N7OS. The molecule has 2 aromatic heterocycles. The van der Waals surface area contributed by atoms with Crippen LogP contribution in [0.25, 0.3) is 0 Å². The second kappa shape index (κ2) is 9.50. The van der Waals surface area contributed by atoms with Gasteiger partial charge in [0.2, 0.25) is 5.91 Å². The molecule has 1 aliphatic rings. The van der Waals surface area contributed by atoms with Crippen molar-refractivity contribution in [3.8, 4) is 0 Å². The van der Waals surface area contributed by atoms with Gasteiger partial charge in [0.15, 0.2) is 5.96 Å². The van der Waals surface area contributed by atoms with Crippen molar-refractivity contribution in [2.75, 3.05) is 26.2 Å². The first-order valence-electron chi connectivity index (χ1n) is 9.43. The van der Waals surface area contributed by atoms with E-state index in [2.05, 4.69) is 44.2 Å². The van der Waals surface area contributed by atoms with E-state index in [0.717, 1.165) is 38.3 Å². The van der Waals surface area contributed by atoms with Gasteiger partial charge in [-0.2, -0.15) is 0 Å². The van der Waals surface area contributed by atoms with Gasteiger partial charge >= 0.3 is 0 Å². The highest BCUT2D eigenvalue weighted by Crippen LogP contribution is 2.23. The van der Waals surface area contributed by atoms with Gasteiger partial charge < -0.3 is 20.1 Å². The van der Waals surface area contributed by atoms with E-state index >= 15 is 0 Å². The van der Waals surface area contributed by atoms with Gasteiger partial charge in [-0.25, -0.2) is 4.99 Å². The summed E-state index contributed by atoms with van der Waals surface area (Å²) in [5.74, 6) is 1.69. The van der Waals surface area contributed by atoms with Crippen LogP contribution in [0.1, 0.15) is 30.1 Å². The van der Waals surface area contributed by atoms with Crippen LogP contribution in [0.5, 0.6) is 0 Å². The molecule has 0 unspecified atom stereocenters. The van der Waals surface area contributed by atoms with E-state index in [4.69, 9.17) is 0 Å². The molecule has 8 nitrogen and oxygen atoms in total. The summed E-state index contributed by atoms with van der Waals surface area (Å²) < 4.78 is 2.02. The summed E-state index contributed by atoms with van der Waals surface area (Å²) in [4.78, 5) is 20.3. The lowest BCUT2D eigenvalue weighted by Crippen LogP contribution is -2.41. The van der Waals surface area contributed by atoms with Crippen LogP contribution in [0.2, 0.25) is 0 Å². The molecule has 0 bridgehead atoms. The average Bonchev–Trinajstić information content (AvgIpc) is 3.33. The summed E-state index contributed by atoms with van der Waals surface area (Å²) >= 11 is 1.78. The zero-order valence-corrected chi connectivity index (χ0v) is 16.8. The second-order valence-corrected chi connectivity index (χ2v) is 7.35. The molecule has 1 amide bonds. The Labute approximate surface area is 163 Å². The van der Waals surface area contributed by atoms with Gasteiger partial charge in [-0.15, -0.1) is 21.5 Å². The first-order chi connectivity index (χ1) is 13.2. The van der Waals surface area contributed by atoms with E-state index in [0.29, 0.717) is 19.0 Å². The molecule has 0 aliphatic carbocycles. The summed E-state index contributed by atoms with van der Waals surface area (Å²) in [6.07, 6.45) is 3.53. The van der Waals surface area contributed by atoms with Gasteiger partial charge in [0.05, 0.1) is 0 Å². The van der Waals surface area contributed by atoms with E-state index in [1.54, 1.807) is 17.7 Å². The van der Waals surface area contributed by atoms with Crippen molar-refractivity contribution in [3.05, 3.63) is 34.0 Å². The number of aromatic nitrogens is 3. The quantitative estimate of drug-likeness (QED) is 0.546. The Bertz CT molecular complexity index is 782. The number of nitrogens with one attached hydrogen (secondary N) is 2. The van der Waals surface area contributed by atoms with Crippen molar-refractivity contribution in [3.63, 3.8) is 0 Å². The van der Waals surface area contributed by atoms with Crippen LogP contribution in [0.4, 0.5) is 0 Å². The Hall–Kier alpha value is -2.42. The van der Waals surface area contributed by atoms with E-state index < -0.39 is 0 Å². The fraction of sp³-hybridized carbons (Fsp3) is 0.556. The average molecular weight is 390 g/mol. The molecule has 0 fully saturated rings. The largest absolute Gasteiger partial charge is 0.357 e. The third kappa shape index (κ3) is 5.06. The molecule has 0 saturated carbocycles. The minimum absolute atomic E-state index is 0.0659. The number of aryl methyl sites for hydroxylation is 1. The number of carbonyl (C=O) groups excluding carboxylic acids is 1. The summed E-state index contributed by atoms with van der Waals surface area (Å²) in [7, 11) is 0. The van der Waals surface area contributed by atoms with Crippen LogP contribution < -0.4 is 10.6 Å². The molecule has 0 spiro atoms. The molecule has 146 valence electrons. The number of hydrogen-bond acceptors (Lipinski definition) is 5. The Morgan fingerprint density at radius 2 is 2.26 bits per heavy atom. The maximum atomic E-state index is 12.5. The zero-order valence-electron chi connectivity index (χ0n) is 15.9. The molecule has 27 heavy (non-hydrogen) atoms. The summed E-state index contributed by atoms with van der Waals surface area (Å²) in [5, 5.41) is 16.6. The molecular weight excluding hydrogens is 362 g/mol. The van der Waals surface area contributed by atoms with Crippen LogP contribution >= 0.6 is 11.3 Å². The van der Waals surface area contributed by atoms with E-state index in [1.807, 2.05) is 16.4 Å². The third-order valence-electron chi connectivity index (χ3n) is 4.53. The Kier molecular flexibility index (Phi) is 6.80.